The second-order valence-corrected chi connectivity index (χ2v) is 6.72. The standard InChI is InChI=1S/C16H19NO3S/c1-13(14-9-5-4-6-10-14)17(2)21(18,19)16-12-8-7-11-15(16)20-3/h4-13H,1-3H3/t13-/m1/s1. The Kier molecular flexibility index (Phi) is 4.65. The van der Waals surface area contributed by atoms with Crippen LogP contribution in [0.25, 0.3) is 0 Å². The lowest BCUT2D eigenvalue weighted by Crippen LogP contribution is -2.30. The van der Waals surface area contributed by atoms with Crippen LogP contribution < -0.4 is 4.74 Å². The van der Waals surface area contributed by atoms with Gasteiger partial charge in [-0.05, 0) is 24.6 Å². The largest absolute Gasteiger partial charge is 0.495 e. The van der Waals surface area contributed by atoms with Crippen LogP contribution in [0.2, 0.25) is 0 Å². The average molecular weight is 305 g/mol. The van der Waals surface area contributed by atoms with E-state index in [0.29, 0.717) is 5.75 Å². The van der Waals surface area contributed by atoms with Crippen LogP contribution in [0, 0.1) is 0 Å². The third-order valence-corrected chi connectivity index (χ3v) is 5.52. The molecule has 0 fully saturated rings. The van der Waals surface area contributed by atoms with Gasteiger partial charge < -0.3 is 4.74 Å². The molecule has 0 aromatic heterocycles. The molecule has 1 atom stereocenters. The molecular weight excluding hydrogens is 286 g/mol. The van der Waals surface area contributed by atoms with Crippen molar-refractivity contribution in [2.45, 2.75) is 17.9 Å². The molecule has 21 heavy (non-hydrogen) atoms. The minimum Gasteiger partial charge on any atom is -0.495 e. The van der Waals surface area contributed by atoms with Gasteiger partial charge in [0.15, 0.2) is 0 Å². The zero-order valence-corrected chi connectivity index (χ0v) is 13.2. The topological polar surface area (TPSA) is 46.6 Å². The van der Waals surface area contributed by atoms with Gasteiger partial charge in [0.05, 0.1) is 7.11 Å². The Morgan fingerprint density at radius 3 is 2.19 bits per heavy atom. The van der Waals surface area contributed by atoms with Crippen LogP contribution in [-0.4, -0.2) is 26.9 Å². The third-order valence-electron chi connectivity index (χ3n) is 3.55. The van der Waals surface area contributed by atoms with Crippen LogP contribution in [0.15, 0.2) is 59.5 Å². The fourth-order valence-electron chi connectivity index (χ4n) is 2.14. The Morgan fingerprint density at radius 1 is 1.00 bits per heavy atom. The van der Waals surface area contributed by atoms with Crippen LogP contribution in [0.3, 0.4) is 0 Å². The highest BCUT2D eigenvalue weighted by Gasteiger charge is 2.28. The normalized spacial score (nSPS) is 13.1. The van der Waals surface area contributed by atoms with E-state index in [9.17, 15) is 8.42 Å². The van der Waals surface area contributed by atoms with Crippen molar-refractivity contribution in [2.24, 2.45) is 0 Å². The SMILES string of the molecule is COc1ccccc1S(=O)(=O)N(C)[C@H](C)c1ccccc1. The Balaban J connectivity index is 2.39. The number of nitrogens with zero attached hydrogens (tertiary/aromatic N) is 1. The molecule has 0 aliphatic carbocycles. The van der Waals surface area contributed by atoms with Crippen molar-refractivity contribution in [1.82, 2.24) is 4.31 Å². The van der Waals surface area contributed by atoms with Crippen molar-refractivity contribution in [1.29, 1.82) is 0 Å². The molecular formula is C16H19NO3S. The second kappa shape index (κ2) is 6.28. The molecule has 0 aliphatic heterocycles. The predicted octanol–water partition coefficient (Wildman–Crippen LogP) is 3.08. The van der Waals surface area contributed by atoms with Gasteiger partial charge in [0, 0.05) is 13.1 Å². The number of benzene rings is 2. The van der Waals surface area contributed by atoms with Gasteiger partial charge in [-0.2, -0.15) is 4.31 Å². The van der Waals surface area contributed by atoms with E-state index in [1.165, 1.54) is 11.4 Å². The van der Waals surface area contributed by atoms with E-state index in [1.54, 1.807) is 31.3 Å². The van der Waals surface area contributed by atoms with Crippen LogP contribution in [0.1, 0.15) is 18.5 Å². The highest BCUT2D eigenvalue weighted by atomic mass is 32.2. The molecule has 2 rings (SSSR count). The van der Waals surface area contributed by atoms with Gasteiger partial charge in [-0.25, -0.2) is 8.42 Å². The summed E-state index contributed by atoms with van der Waals surface area (Å²) in [6, 6.07) is 15.9. The summed E-state index contributed by atoms with van der Waals surface area (Å²) in [5.74, 6) is 0.351. The van der Waals surface area contributed by atoms with E-state index in [4.69, 9.17) is 4.74 Å². The van der Waals surface area contributed by atoms with Crippen molar-refractivity contribution in [3.05, 3.63) is 60.2 Å². The molecule has 0 aliphatic rings. The zero-order valence-electron chi connectivity index (χ0n) is 12.4. The van der Waals surface area contributed by atoms with Crippen molar-refractivity contribution in [3.8, 4) is 5.75 Å². The van der Waals surface area contributed by atoms with Crippen LogP contribution >= 0.6 is 0 Å². The number of hydrogen-bond donors (Lipinski definition) is 0. The average Bonchev–Trinajstić information content (AvgIpc) is 2.54. The summed E-state index contributed by atoms with van der Waals surface area (Å²) >= 11 is 0. The highest BCUT2D eigenvalue weighted by molar-refractivity contribution is 7.89. The van der Waals surface area contributed by atoms with Gasteiger partial charge in [0.25, 0.3) is 0 Å². The maximum atomic E-state index is 12.8. The van der Waals surface area contributed by atoms with Gasteiger partial charge in [-0.3, -0.25) is 0 Å². The Labute approximate surface area is 126 Å². The first-order valence-corrected chi connectivity index (χ1v) is 8.08. The molecule has 5 heteroatoms. The number of hydrogen-bond acceptors (Lipinski definition) is 3. The van der Waals surface area contributed by atoms with Gasteiger partial charge in [-0.15, -0.1) is 0 Å². The van der Waals surface area contributed by atoms with Gasteiger partial charge in [0.2, 0.25) is 10.0 Å². The lowest BCUT2D eigenvalue weighted by molar-refractivity contribution is 0.382. The molecule has 0 spiro atoms. The second-order valence-electron chi connectivity index (χ2n) is 4.76. The highest BCUT2D eigenvalue weighted by Crippen LogP contribution is 2.30. The number of rotatable bonds is 5. The fraction of sp³-hybridized carbons (Fsp3) is 0.250. The van der Waals surface area contributed by atoms with Crippen LogP contribution in [0.5, 0.6) is 5.75 Å². The molecule has 0 saturated heterocycles. The van der Waals surface area contributed by atoms with Gasteiger partial charge >= 0.3 is 0 Å². The first kappa shape index (κ1) is 15.5. The monoisotopic (exact) mass is 305 g/mol. The lowest BCUT2D eigenvalue weighted by Gasteiger charge is -2.25. The number of para-hydroxylation sites is 1. The molecule has 0 unspecified atom stereocenters. The Hall–Kier alpha value is -1.85. The summed E-state index contributed by atoms with van der Waals surface area (Å²) in [7, 11) is -0.571. The predicted molar refractivity (Wildman–Crippen MR) is 82.8 cm³/mol. The first-order valence-electron chi connectivity index (χ1n) is 6.64. The third kappa shape index (κ3) is 3.09. The maximum Gasteiger partial charge on any atom is 0.247 e. The maximum absolute atomic E-state index is 12.8. The molecule has 0 bridgehead atoms. The number of ether oxygens (including phenoxy) is 1. The summed E-state index contributed by atoms with van der Waals surface area (Å²) in [6.45, 7) is 1.86. The molecule has 0 radical (unpaired) electrons. The molecule has 4 nitrogen and oxygen atoms in total. The van der Waals surface area contributed by atoms with E-state index in [1.807, 2.05) is 37.3 Å². The number of sulfonamides is 1. The quantitative estimate of drug-likeness (QED) is 0.853. The van der Waals surface area contributed by atoms with E-state index < -0.39 is 10.0 Å². The van der Waals surface area contributed by atoms with Gasteiger partial charge in [-0.1, -0.05) is 42.5 Å². The van der Waals surface area contributed by atoms with E-state index in [-0.39, 0.29) is 10.9 Å². The number of methoxy groups -OCH3 is 1. The molecule has 2 aromatic carbocycles. The van der Waals surface area contributed by atoms with E-state index in [2.05, 4.69) is 0 Å². The van der Waals surface area contributed by atoms with Crippen molar-refractivity contribution >= 4 is 10.0 Å². The summed E-state index contributed by atoms with van der Waals surface area (Å²) in [5.41, 5.74) is 0.943. The van der Waals surface area contributed by atoms with Crippen LogP contribution in [-0.2, 0) is 10.0 Å². The van der Waals surface area contributed by atoms with Gasteiger partial charge in [0.1, 0.15) is 10.6 Å². The molecule has 0 amide bonds. The smallest absolute Gasteiger partial charge is 0.247 e. The van der Waals surface area contributed by atoms with Crippen LogP contribution in [0.4, 0.5) is 0 Å². The molecule has 0 saturated carbocycles. The first-order chi connectivity index (χ1) is 9.98. The fourth-order valence-corrected chi connectivity index (χ4v) is 3.64. The minimum atomic E-state index is -3.62. The summed E-state index contributed by atoms with van der Waals surface area (Å²) < 4.78 is 32.1. The Morgan fingerprint density at radius 2 is 1.57 bits per heavy atom. The summed E-state index contributed by atoms with van der Waals surface area (Å²) in [5, 5.41) is 0. The molecule has 2 aromatic rings. The molecule has 0 heterocycles. The lowest BCUT2D eigenvalue weighted by atomic mass is 10.1. The molecule has 112 valence electrons. The van der Waals surface area contributed by atoms with Crippen molar-refractivity contribution in [2.75, 3.05) is 14.2 Å². The zero-order chi connectivity index (χ0) is 15.5. The van der Waals surface area contributed by atoms with E-state index in [0.717, 1.165) is 5.56 Å². The van der Waals surface area contributed by atoms with E-state index >= 15 is 0 Å². The summed E-state index contributed by atoms with van der Waals surface area (Å²) in [6.07, 6.45) is 0. The Bertz CT molecular complexity index is 698. The molecule has 0 N–H and O–H groups in total. The summed E-state index contributed by atoms with van der Waals surface area (Å²) in [4.78, 5) is 0.179. The van der Waals surface area contributed by atoms with Crippen molar-refractivity contribution < 1.29 is 13.2 Å². The van der Waals surface area contributed by atoms with Crippen molar-refractivity contribution in [3.63, 3.8) is 0 Å². The minimum absolute atomic E-state index is 0.179.